The first-order chi connectivity index (χ1) is 16.1. The zero-order valence-electron chi connectivity index (χ0n) is 19.8. The average molecular weight is 486 g/mol. The number of carbonyl (C=O) groups is 3. The van der Waals surface area contributed by atoms with Gasteiger partial charge in [-0.3, -0.25) is 4.79 Å². The zero-order valence-corrected chi connectivity index (χ0v) is 20.6. The lowest BCUT2D eigenvalue weighted by Gasteiger charge is -2.30. The van der Waals surface area contributed by atoms with Gasteiger partial charge in [0.2, 0.25) is 5.91 Å². The van der Waals surface area contributed by atoms with E-state index in [2.05, 4.69) is 20.7 Å². The molecule has 0 aliphatic rings. The summed E-state index contributed by atoms with van der Waals surface area (Å²) in [6.07, 6.45) is -0.237. The fraction of sp³-hybridized carbons (Fsp3) is 0.360. The van der Waals surface area contributed by atoms with E-state index in [1.54, 1.807) is 13.8 Å². The molecular weight excluding hydrogens is 454 g/mol. The Morgan fingerprint density at radius 3 is 2.06 bits per heavy atom. The minimum atomic E-state index is -1.16. The second-order valence-corrected chi connectivity index (χ2v) is 8.72. The van der Waals surface area contributed by atoms with Gasteiger partial charge in [0.25, 0.3) is 0 Å². The summed E-state index contributed by atoms with van der Waals surface area (Å²) in [6.45, 7) is 4.91. The van der Waals surface area contributed by atoms with Crippen LogP contribution >= 0.6 is 12.2 Å². The lowest BCUT2D eigenvalue weighted by Crippen LogP contribution is -2.60. The van der Waals surface area contributed by atoms with Crippen molar-refractivity contribution in [2.75, 3.05) is 7.11 Å². The standard InChI is InChI=1S/C25H31N3O5S/c1-17(22(29)32-4)26-23(30)25(2,3)28-21(34)20(15-18-11-7-5-8-12-18)27-24(31)33-16-19-13-9-6-10-14-19/h5-14,17,20H,15-16H2,1-4H3,(H,26,30)(H,27,31)(H,28,34)/t17-,20-/m0/s1. The largest absolute Gasteiger partial charge is 0.467 e. The zero-order chi connectivity index (χ0) is 25.1. The molecule has 3 N–H and O–H groups in total. The Morgan fingerprint density at radius 1 is 0.941 bits per heavy atom. The number of benzene rings is 2. The summed E-state index contributed by atoms with van der Waals surface area (Å²) in [4.78, 5) is 37.2. The Morgan fingerprint density at radius 2 is 1.50 bits per heavy atom. The van der Waals surface area contributed by atoms with Gasteiger partial charge in [0.15, 0.2) is 0 Å². The molecule has 9 heteroatoms. The average Bonchev–Trinajstić information content (AvgIpc) is 2.82. The van der Waals surface area contributed by atoms with Crippen molar-refractivity contribution in [1.29, 1.82) is 0 Å². The smallest absolute Gasteiger partial charge is 0.408 e. The van der Waals surface area contributed by atoms with E-state index in [-0.39, 0.29) is 11.6 Å². The summed E-state index contributed by atoms with van der Waals surface area (Å²) in [5, 5.41) is 8.41. The van der Waals surface area contributed by atoms with Crippen molar-refractivity contribution in [3.05, 3.63) is 71.8 Å². The van der Waals surface area contributed by atoms with Gasteiger partial charge in [0.05, 0.1) is 18.1 Å². The van der Waals surface area contributed by atoms with Gasteiger partial charge in [0.1, 0.15) is 18.2 Å². The van der Waals surface area contributed by atoms with Gasteiger partial charge >= 0.3 is 12.1 Å². The molecule has 0 unspecified atom stereocenters. The van der Waals surface area contributed by atoms with E-state index >= 15 is 0 Å². The number of carbonyl (C=O) groups excluding carboxylic acids is 3. The van der Waals surface area contributed by atoms with Crippen LogP contribution < -0.4 is 16.0 Å². The molecule has 0 radical (unpaired) electrons. The molecule has 2 atom stereocenters. The first-order valence-electron chi connectivity index (χ1n) is 10.8. The third-order valence-corrected chi connectivity index (χ3v) is 5.40. The second-order valence-electron chi connectivity index (χ2n) is 8.28. The van der Waals surface area contributed by atoms with Gasteiger partial charge in [-0.1, -0.05) is 72.9 Å². The van der Waals surface area contributed by atoms with E-state index in [1.165, 1.54) is 14.0 Å². The predicted octanol–water partition coefficient (Wildman–Crippen LogP) is 2.90. The van der Waals surface area contributed by atoms with E-state index in [1.807, 2.05) is 60.7 Å². The number of ether oxygens (including phenoxy) is 2. The van der Waals surface area contributed by atoms with Gasteiger partial charge < -0.3 is 25.4 Å². The van der Waals surface area contributed by atoms with Crippen LogP contribution in [0.1, 0.15) is 31.9 Å². The molecule has 2 amide bonds. The maximum absolute atomic E-state index is 12.7. The van der Waals surface area contributed by atoms with Gasteiger partial charge in [-0.05, 0) is 38.3 Å². The van der Waals surface area contributed by atoms with Crippen molar-refractivity contribution in [3.8, 4) is 0 Å². The van der Waals surface area contributed by atoms with Gasteiger partial charge in [0, 0.05) is 0 Å². The van der Waals surface area contributed by atoms with Crippen LogP contribution in [0.15, 0.2) is 60.7 Å². The highest BCUT2D eigenvalue weighted by atomic mass is 32.1. The minimum Gasteiger partial charge on any atom is -0.467 e. The number of rotatable bonds is 10. The molecule has 34 heavy (non-hydrogen) atoms. The molecule has 0 fully saturated rings. The highest BCUT2D eigenvalue weighted by Gasteiger charge is 2.33. The molecule has 0 aromatic heterocycles. The molecule has 0 bridgehead atoms. The van der Waals surface area contributed by atoms with Crippen molar-refractivity contribution in [2.45, 2.75) is 51.4 Å². The summed E-state index contributed by atoms with van der Waals surface area (Å²) >= 11 is 5.57. The van der Waals surface area contributed by atoms with Crippen LogP contribution in [-0.2, 0) is 32.1 Å². The Kier molecular flexibility index (Phi) is 10.0. The fourth-order valence-electron chi connectivity index (χ4n) is 3.03. The Labute approximate surface area is 205 Å². The van der Waals surface area contributed by atoms with Crippen LogP contribution in [0, 0.1) is 0 Å². The molecule has 0 spiro atoms. The number of hydrogen-bond donors (Lipinski definition) is 3. The van der Waals surface area contributed by atoms with Crippen LogP contribution in [-0.4, -0.2) is 47.7 Å². The summed E-state index contributed by atoms with van der Waals surface area (Å²) in [6, 6.07) is 17.4. The third-order valence-electron chi connectivity index (χ3n) is 5.01. The maximum atomic E-state index is 12.7. The van der Waals surface area contributed by atoms with E-state index in [0.29, 0.717) is 6.42 Å². The number of thiocarbonyl (C=S) groups is 1. The summed E-state index contributed by atoms with van der Waals surface area (Å²) < 4.78 is 10.00. The van der Waals surface area contributed by atoms with Gasteiger partial charge in [-0.2, -0.15) is 0 Å². The fourth-order valence-corrected chi connectivity index (χ4v) is 3.43. The lowest BCUT2D eigenvalue weighted by atomic mass is 10.0. The molecule has 2 aromatic carbocycles. The van der Waals surface area contributed by atoms with Crippen molar-refractivity contribution >= 4 is 35.2 Å². The summed E-state index contributed by atoms with van der Waals surface area (Å²) in [7, 11) is 1.25. The van der Waals surface area contributed by atoms with Crippen molar-refractivity contribution < 1.29 is 23.9 Å². The maximum Gasteiger partial charge on any atom is 0.408 e. The van der Waals surface area contributed by atoms with Crippen LogP contribution in [0.5, 0.6) is 0 Å². The SMILES string of the molecule is COC(=O)[C@H](C)NC(=O)C(C)(C)NC(=S)[C@H](Cc1ccccc1)NC(=O)OCc1ccccc1. The van der Waals surface area contributed by atoms with E-state index < -0.39 is 35.6 Å². The molecule has 0 heterocycles. The Balaban J connectivity index is 2.07. The second kappa shape index (κ2) is 12.7. The number of nitrogens with one attached hydrogen (secondary N) is 3. The molecule has 0 aliphatic heterocycles. The van der Waals surface area contributed by atoms with Crippen molar-refractivity contribution in [1.82, 2.24) is 16.0 Å². The molecule has 8 nitrogen and oxygen atoms in total. The van der Waals surface area contributed by atoms with Gasteiger partial charge in [-0.25, -0.2) is 9.59 Å². The highest BCUT2D eigenvalue weighted by Crippen LogP contribution is 2.10. The highest BCUT2D eigenvalue weighted by molar-refractivity contribution is 7.80. The van der Waals surface area contributed by atoms with Crippen molar-refractivity contribution in [3.63, 3.8) is 0 Å². The van der Waals surface area contributed by atoms with Crippen LogP contribution in [0.4, 0.5) is 4.79 Å². The quantitative estimate of drug-likeness (QED) is 0.351. The molecule has 2 rings (SSSR count). The number of esters is 1. The number of alkyl carbamates (subject to hydrolysis) is 1. The monoisotopic (exact) mass is 485 g/mol. The van der Waals surface area contributed by atoms with Crippen LogP contribution in [0.25, 0.3) is 0 Å². The minimum absolute atomic E-state index is 0.115. The first-order valence-corrected chi connectivity index (χ1v) is 11.2. The molecular formula is C25H31N3O5S. The third kappa shape index (κ3) is 8.47. The van der Waals surface area contributed by atoms with Crippen LogP contribution in [0.2, 0.25) is 0 Å². The lowest BCUT2D eigenvalue weighted by molar-refractivity contribution is -0.145. The molecule has 0 saturated heterocycles. The van der Waals surface area contributed by atoms with E-state index in [4.69, 9.17) is 17.0 Å². The molecule has 0 saturated carbocycles. The number of hydrogen-bond acceptors (Lipinski definition) is 6. The number of methoxy groups -OCH3 is 1. The predicted molar refractivity (Wildman–Crippen MR) is 133 cm³/mol. The van der Waals surface area contributed by atoms with E-state index in [0.717, 1.165) is 11.1 Å². The Hall–Kier alpha value is -3.46. The summed E-state index contributed by atoms with van der Waals surface area (Å²) in [5.74, 6) is -1.01. The first kappa shape index (κ1) is 26.8. The molecule has 0 aliphatic carbocycles. The van der Waals surface area contributed by atoms with Crippen molar-refractivity contribution in [2.24, 2.45) is 0 Å². The molecule has 2 aromatic rings. The van der Waals surface area contributed by atoms with Crippen LogP contribution in [0.3, 0.4) is 0 Å². The van der Waals surface area contributed by atoms with Gasteiger partial charge in [-0.15, -0.1) is 0 Å². The molecule has 182 valence electrons. The van der Waals surface area contributed by atoms with E-state index in [9.17, 15) is 14.4 Å². The Bertz CT molecular complexity index is 983. The summed E-state index contributed by atoms with van der Waals surface area (Å²) in [5.41, 5.74) is 0.640. The number of amides is 2. The normalized spacial score (nSPS) is 12.6. The topological polar surface area (TPSA) is 106 Å².